The third kappa shape index (κ3) is 3.97. The summed E-state index contributed by atoms with van der Waals surface area (Å²) in [6.07, 6.45) is 3.59. The second-order valence-corrected chi connectivity index (χ2v) is 5.06. The van der Waals surface area contributed by atoms with Gasteiger partial charge in [0.15, 0.2) is 0 Å². The molecule has 0 aliphatic heterocycles. The third-order valence-corrected chi connectivity index (χ3v) is 3.52. The second-order valence-electron chi connectivity index (χ2n) is 5.06. The molecule has 0 rings (SSSR count). The van der Waals surface area contributed by atoms with Gasteiger partial charge in [0.1, 0.15) is 0 Å². The molecule has 0 aromatic carbocycles. The molecule has 2 heteroatoms. The lowest BCUT2D eigenvalue weighted by molar-refractivity contribution is 0.236. The largest absolute Gasteiger partial charge is 0.330 e. The summed E-state index contributed by atoms with van der Waals surface area (Å²) in [6.45, 7) is 13.0. The first-order chi connectivity index (χ1) is 6.45. The molecule has 0 spiro atoms. The quantitative estimate of drug-likeness (QED) is 0.663. The van der Waals surface area contributed by atoms with E-state index in [1.807, 2.05) is 0 Å². The average Bonchev–Trinajstić information content (AvgIpc) is 2.21. The summed E-state index contributed by atoms with van der Waals surface area (Å²) in [7, 11) is 0. The van der Waals surface area contributed by atoms with E-state index in [0.29, 0.717) is 5.54 Å². The molecule has 3 N–H and O–H groups in total. The highest BCUT2D eigenvalue weighted by molar-refractivity contribution is 4.86. The molecular formula is C12H28N2. The number of hydrogen-bond acceptors (Lipinski definition) is 2. The zero-order valence-electron chi connectivity index (χ0n) is 10.6. The lowest BCUT2D eigenvalue weighted by Crippen LogP contribution is -2.49. The summed E-state index contributed by atoms with van der Waals surface area (Å²) in [4.78, 5) is 0. The zero-order chi connectivity index (χ0) is 11.2. The molecule has 0 saturated heterocycles. The predicted octanol–water partition coefficient (Wildman–Crippen LogP) is 2.53. The molecule has 14 heavy (non-hydrogen) atoms. The first-order valence-corrected chi connectivity index (χ1v) is 5.90. The summed E-state index contributed by atoms with van der Waals surface area (Å²) in [5.41, 5.74) is 6.26. The van der Waals surface area contributed by atoms with E-state index in [1.54, 1.807) is 0 Å². The van der Waals surface area contributed by atoms with Crippen molar-refractivity contribution in [1.29, 1.82) is 0 Å². The summed E-state index contributed by atoms with van der Waals surface area (Å²) in [5, 5.41) is 3.69. The Balaban J connectivity index is 4.19. The third-order valence-electron chi connectivity index (χ3n) is 3.52. The Kier molecular flexibility index (Phi) is 5.68. The van der Waals surface area contributed by atoms with Crippen LogP contribution in [-0.2, 0) is 0 Å². The highest BCUT2D eigenvalue weighted by Crippen LogP contribution is 2.21. The second kappa shape index (κ2) is 5.72. The molecule has 0 unspecified atom stereocenters. The molecule has 0 atom stereocenters. The maximum absolute atomic E-state index is 5.72. The van der Waals surface area contributed by atoms with E-state index >= 15 is 0 Å². The van der Waals surface area contributed by atoms with Crippen molar-refractivity contribution in [3.63, 3.8) is 0 Å². The molecule has 0 amide bonds. The molecule has 0 heterocycles. The Morgan fingerprint density at radius 2 is 1.43 bits per heavy atom. The van der Waals surface area contributed by atoms with E-state index in [9.17, 15) is 0 Å². The molecule has 0 aliphatic carbocycles. The Morgan fingerprint density at radius 1 is 1.00 bits per heavy atom. The van der Waals surface area contributed by atoms with Crippen molar-refractivity contribution in [2.75, 3.05) is 13.1 Å². The summed E-state index contributed by atoms with van der Waals surface area (Å²) in [5.74, 6) is 0. The zero-order valence-corrected chi connectivity index (χ0v) is 10.6. The van der Waals surface area contributed by atoms with E-state index in [0.717, 1.165) is 13.1 Å². The van der Waals surface area contributed by atoms with Crippen molar-refractivity contribution < 1.29 is 0 Å². The Bertz CT molecular complexity index is 140. The van der Waals surface area contributed by atoms with Crippen LogP contribution >= 0.6 is 0 Å². The first kappa shape index (κ1) is 13.9. The van der Waals surface area contributed by atoms with E-state index in [-0.39, 0.29) is 5.41 Å². The molecule has 0 aliphatic rings. The van der Waals surface area contributed by atoms with E-state index in [2.05, 4.69) is 39.9 Å². The monoisotopic (exact) mass is 200 g/mol. The van der Waals surface area contributed by atoms with Gasteiger partial charge < -0.3 is 11.1 Å². The van der Waals surface area contributed by atoms with Gasteiger partial charge in [-0.25, -0.2) is 0 Å². The van der Waals surface area contributed by atoms with Gasteiger partial charge in [-0.15, -0.1) is 0 Å². The van der Waals surface area contributed by atoms with Gasteiger partial charge in [-0.1, -0.05) is 34.6 Å². The van der Waals surface area contributed by atoms with Gasteiger partial charge in [-0.3, -0.25) is 0 Å². The standard InChI is InChI=1S/C12H28N2/c1-6-12(7-2,8-3)14-10-11(4,5)9-13/h14H,6-10,13H2,1-5H3. The van der Waals surface area contributed by atoms with Gasteiger partial charge in [-0.05, 0) is 31.2 Å². The Labute approximate surface area is 89.6 Å². The summed E-state index contributed by atoms with van der Waals surface area (Å²) < 4.78 is 0. The van der Waals surface area contributed by atoms with Crippen molar-refractivity contribution >= 4 is 0 Å². The van der Waals surface area contributed by atoms with Gasteiger partial charge in [0, 0.05) is 12.1 Å². The number of rotatable bonds is 7. The summed E-state index contributed by atoms with van der Waals surface area (Å²) in [6, 6.07) is 0. The highest BCUT2D eigenvalue weighted by Gasteiger charge is 2.26. The van der Waals surface area contributed by atoms with Crippen molar-refractivity contribution in [2.24, 2.45) is 11.1 Å². The van der Waals surface area contributed by atoms with Crippen LogP contribution in [0.1, 0.15) is 53.9 Å². The maximum atomic E-state index is 5.72. The molecule has 0 aromatic rings. The molecular weight excluding hydrogens is 172 g/mol. The van der Waals surface area contributed by atoms with Crippen LogP contribution < -0.4 is 11.1 Å². The Morgan fingerprint density at radius 3 is 1.71 bits per heavy atom. The lowest BCUT2D eigenvalue weighted by Gasteiger charge is -2.36. The minimum atomic E-state index is 0.213. The minimum absolute atomic E-state index is 0.213. The van der Waals surface area contributed by atoms with Crippen molar-refractivity contribution in [3.05, 3.63) is 0 Å². The van der Waals surface area contributed by atoms with Crippen LogP contribution in [0.4, 0.5) is 0 Å². The van der Waals surface area contributed by atoms with E-state index in [1.165, 1.54) is 19.3 Å². The topological polar surface area (TPSA) is 38.0 Å². The van der Waals surface area contributed by atoms with Crippen LogP contribution in [0.15, 0.2) is 0 Å². The van der Waals surface area contributed by atoms with Gasteiger partial charge >= 0.3 is 0 Å². The Hall–Kier alpha value is -0.0800. The number of nitrogens with one attached hydrogen (secondary N) is 1. The minimum Gasteiger partial charge on any atom is -0.330 e. The van der Waals surface area contributed by atoms with Gasteiger partial charge in [0.25, 0.3) is 0 Å². The first-order valence-electron chi connectivity index (χ1n) is 5.90. The van der Waals surface area contributed by atoms with Crippen molar-refractivity contribution in [3.8, 4) is 0 Å². The van der Waals surface area contributed by atoms with Crippen molar-refractivity contribution in [2.45, 2.75) is 59.4 Å². The molecule has 0 saturated carbocycles. The number of hydrogen-bond donors (Lipinski definition) is 2. The van der Waals surface area contributed by atoms with Crippen molar-refractivity contribution in [1.82, 2.24) is 5.32 Å². The normalized spacial score (nSPS) is 13.3. The number of nitrogens with two attached hydrogens (primary N) is 1. The van der Waals surface area contributed by atoms with Crippen LogP contribution in [-0.4, -0.2) is 18.6 Å². The molecule has 0 bridgehead atoms. The van der Waals surface area contributed by atoms with Crippen LogP contribution in [0, 0.1) is 5.41 Å². The fraction of sp³-hybridized carbons (Fsp3) is 1.00. The highest BCUT2D eigenvalue weighted by atomic mass is 15.0. The van der Waals surface area contributed by atoms with Gasteiger partial charge in [0.05, 0.1) is 0 Å². The van der Waals surface area contributed by atoms with E-state index < -0.39 is 0 Å². The SMILES string of the molecule is CCC(CC)(CC)NCC(C)(C)CN. The molecule has 2 nitrogen and oxygen atoms in total. The van der Waals surface area contributed by atoms with Crippen LogP contribution in [0.3, 0.4) is 0 Å². The van der Waals surface area contributed by atoms with Gasteiger partial charge in [-0.2, -0.15) is 0 Å². The molecule has 0 aromatic heterocycles. The maximum Gasteiger partial charge on any atom is 0.0173 e. The molecule has 0 fully saturated rings. The smallest absolute Gasteiger partial charge is 0.0173 e. The molecule has 86 valence electrons. The fourth-order valence-electron chi connectivity index (χ4n) is 1.62. The fourth-order valence-corrected chi connectivity index (χ4v) is 1.62. The lowest BCUT2D eigenvalue weighted by atomic mass is 9.86. The van der Waals surface area contributed by atoms with Crippen LogP contribution in [0.2, 0.25) is 0 Å². The van der Waals surface area contributed by atoms with Gasteiger partial charge in [0.2, 0.25) is 0 Å². The van der Waals surface area contributed by atoms with Crippen LogP contribution in [0.5, 0.6) is 0 Å². The summed E-state index contributed by atoms with van der Waals surface area (Å²) >= 11 is 0. The molecule has 0 radical (unpaired) electrons. The predicted molar refractivity (Wildman–Crippen MR) is 64.4 cm³/mol. The average molecular weight is 200 g/mol. The van der Waals surface area contributed by atoms with E-state index in [4.69, 9.17) is 5.73 Å². The van der Waals surface area contributed by atoms with Crippen LogP contribution in [0.25, 0.3) is 0 Å².